The van der Waals surface area contributed by atoms with E-state index in [1.54, 1.807) is 6.07 Å². The molecule has 3 rings (SSSR count). The fourth-order valence-corrected chi connectivity index (χ4v) is 3.88. The first-order chi connectivity index (χ1) is 11.4. The van der Waals surface area contributed by atoms with Crippen LogP contribution >= 0.6 is 0 Å². The first-order valence-electron chi connectivity index (χ1n) is 7.46. The molecule has 0 saturated heterocycles. The number of nitrogens with one attached hydrogen (secondary N) is 1. The summed E-state index contributed by atoms with van der Waals surface area (Å²) in [4.78, 5) is 11.5. The highest BCUT2D eigenvalue weighted by molar-refractivity contribution is 7.92. The average molecular weight is 347 g/mol. The summed E-state index contributed by atoms with van der Waals surface area (Å²) in [7, 11) is -2.72. The molecule has 0 amide bonds. The third kappa shape index (κ3) is 3.07. The van der Waals surface area contributed by atoms with Crippen LogP contribution in [0, 0.1) is 0 Å². The predicted molar refractivity (Wildman–Crippen MR) is 88.7 cm³/mol. The van der Waals surface area contributed by atoms with Gasteiger partial charge in [0.05, 0.1) is 12.0 Å². The lowest BCUT2D eigenvalue weighted by Crippen LogP contribution is -2.14. The summed E-state index contributed by atoms with van der Waals surface area (Å²) in [5.74, 6) is -1.14. The molecule has 6 nitrogen and oxygen atoms in total. The van der Waals surface area contributed by atoms with Gasteiger partial charge in [0, 0.05) is 5.69 Å². The molecule has 0 radical (unpaired) electrons. The van der Waals surface area contributed by atoms with Gasteiger partial charge in [0.15, 0.2) is 0 Å². The standard InChI is InChI=1S/C17H17NO5S/c1-23-17(20)15-10-14(7-8-16(15)19)24(21,22)18-13-6-5-11-3-2-4-12(11)9-13/h5-10,18-19H,2-4H2,1H3. The molecular formula is C17H17NO5S. The first-order valence-corrected chi connectivity index (χ1v) is 8.95. The predicted octanol–water partition coefficient (Wildman–Crippen LogP) is 2.47. The van der Waals surface area contributed by atoms with E-state index in [4.69, 9.17) is 0 Å². The number of phenols is 1. The van der Waals surface area contributed by atoms with Gasteiger partial charge in [-0.2, -0.15) is 0 Å². The molecule has 0 saturated carbocycles. The number of rotatable bonds is 4. The fourth-order valence-electron chi connectivity index (χ4n) is 2.81. The van der Waals surface area contributed by atoms with Gasteiger partial charge in [-0.15, -0.1) is 0 Å². The molecule has 1 aliphatic carbocycles. The monoisotopic (exact) mass is 347 g/mol. The van der Waals surface area contributed by atoms with Gasteiger partial charge in [-0.25, -0.2) is 13.2 Å². The van der Waals surface area contributed by atoms with Gasteiger partial charge >= 0.3 is 5.97 Å². The highest BCUT2D eigenvalue weighted by Crippen LogP contribution is 2.27. The number of benzene rings is 2. The van der Waals surface area contributed by atoms with Crippen LogP contribution in [0.5, 0.6) is 5.75 Å². The molecule has 0 unspecified atom stereocenters. The van der Waals surface area contributed by atoms with E-state index in [0.29, 0.717) is 5.69 Å². The Labute approximate surface area is 140 Å². The highest BCUT2D eigenvalue weighted by Gasteiger charge is 2.20. The molecular weight excluding hydrogens is 330 g/mol. The number of carbonyl (C=O) groups excluding carboxylic acids is 1. The van der Waals surface area contributed by atoms with Gasteiger partial charge in [0.25, 0.3) is 10.0 Å². The lowest BCUT2D eigenvalue weighted by atomic mass is 10.1. The molecule has 0 bridgehead atoms. The van der Waals surface area contributed by atoms with Crippen LogP contribution in [0.15, 0.2) is 41.3 Å². The second kappa shape index (κ2) is 6.16. The summed E-state index contributed by atoms with van der Waals surface area (Å²) in [5.41, 5.74) is 2.67. The van der Waals surface area contributed by atoms with Crippen LogP contribution in [0.3, 0.4) is 0 Å². The molecule has 0 aliphatic heterocycles. The van der Waals surface area contributed by atoms with Crippen molar-refractivity contribution in [2.24, 2.45) is 0 Å². The van der Waals surface area contributed by atoms with E-state index in [0.717, 1.165) is 44.1 Å². The van der Waals surface area contributed by atoms with Gasteiger partial charge < -0.3 is 9.84 Å². The van der Waals surface area contributed by atoms with Crippen LogP contribution in [0.1, 0.15) is 27.9 Å². The minimum absolute atomic E-state index is 0.124. The number of carbonyl (C=O) groups is 1. The van der Waals surface area contributed by atoms with E-state index in [2.05, 4.69) is 9.46 Å². The number of fused-ring (bicyclic) bond motifs is 1. The third-order valence-electron chi connectivity index (χ3n) is 4.03. The number of aryl methyl sites for hydroxylation is 2. The number of esters is 1. The maximum Gasteiger partial charge on any atom is 0.341 e. The largest absolute Gasteiger partial charge is 0.507 e. The Kier molecular flexibility index (Phi) is 4.19. The summed E-state index contributed by atoms with van der Waals surface area (Å²) >= 11 is 0. The van der Waals surface area contributed by atoms with Crippen LogP contribution in [-0.4, -0.2) is 26.6 Å². The zero-order chi connectivity index (χ0) is 17.3. The number of aromatic hydroxyl groups is 1. The van der Waals surface area contributed by atoms with Crippen molar-refractivity contribution in [1.82, 2.24) is 0 Å². The maximum absolute atomic E-state index is 12.5. The number of methoxy groups -OCH3 is 1. The van der Waals surface area contributed by atoms with Crippen molar-refractivity contribution in [3.8, 4) is 5.75 Å². The second-order valence-corrected chi connectivity index (χ2v) is 7.30. The zero-order valence-electron chi connectivity index (χ0n) is 13.1. The normalized spacial score (nSPS) is 13.4. The first kappa shape index (κ1) is 16.3. The topological polar surface area (TPSA) is 92.7 Å². The molecule has 2 aromatic carbocycles. The van der Waals surface area contributed by atoms with E-state index in [1.807, 2.05) is 12.1 Å². The van der Waals surface area contributed by atoms with Crippen molar-refractivity contribution < 1.29 is 23.1 Å². The van der Waals surface area contributed by atoms with Crippen LogP contribution in [0.4, 0.5) is 5.69 Å². The maximum atomic E-state index is 12.5. The number of phenolic OH excluding ortho intramolecular Hbond substituents is 1. The summed E-state index contributed by atoms with van der Waals surface area (Å²) < 4.78 is 32.1. The lowest BCUT2D eigenvalue weighted by Gasteiger charge is -2.11. The van der Waals surface area contributed by atoms with Gasteiger partial charge in [0.1, 0.15) is 11.3 Å². The number of sulfonamides is 1. The Morgan fingerprint density at radius 1 is 1.12 bits per heavy atom. The molecule has 0 atom stereocenters. The molecule has 126 valence electrons. The minimum Gasteiger partial charge on any atom is -0.507 e. The van der Waals surface area contributed by atoms with Crippen molar-refractivity contribution in [3.05, 3.63) is 53.1 Å². The van der Waals surface area contributed by atoms with E-state index in [-0.39, 0.29) is 16.2 Å². The summed E-state index contributed by atoms with van der Waals surface area (Å²) in [6.45, 7) is 0. The van der Waals surface area contributed by atoms with Crippen molar-refractivity contribution in [3.63, 3.8) is 0 Å². The molecule has 0 fully saturated rings. The fraction of sp³-hybridized carbons (Fsp3) is 0.235. The Balaban J connectivity index is 1.92. The Morgan fingerprint density at radius 3 is 2.62 bits per heavy atom. The number of anilines is 1. The van der Waals surface area contributed by atoms with Crippen LogP contribution in [0.2, 0.25) is 0 Å². The van der Waals surface area contributed by atoms with Crippen molar-refractivity contribution in [2.75, 3.05) is 11.8 Å². The van der Waals surface area contributed by atoms with Gasteiger partial charge in [0.2, 0.25) is 0 Å². The third-order valence-corrected chi connectivity index (χ3v) is 5.41. The van der Waals surface area contributed by atoms with Crippen LogP contribution in [-0.2, 0) is 27.6 Å². The van der Waals surface area contributed by atoms with Crippen molar-refractivity contribution in [1.29, 1.82) is 0 Å². The van der Waals surface area contributed by atoms with Gasteiger partial charge in [-0.1, -0.05) is 6.07 Å². The Bertz CT molecular complexity index is 905. The van der Waals surface area contributed by atoms with E-state index >= 15 is 0 Å². The van der Waals surface area contributed by atoms with Gasteiger partial charge in [-0.05, 0) is 60.7 Å². The smallest absolute Gasteiger partial charge is 0.341 e. The number of ether oxygens (including phenoxy) is 1. The SMILES string of the molecule is COC(=O)c1cc(S(=O)(=O)Nc2ccc3c(c2)CCC3)ccc1O. The van der Waals surface area contributed by atoms with Crippen molar-refractivity contribution in [2.45, 2.75) is 24.2 Å². The zero-order valence-corrected chi connectivity index (χ0v) is 13.9. The van der Waals surface area contributed by atoms with E-state index in [9.17, 15) is 18.3 Å². The summed E-state index contributed by atoms with van der Waals surface area (Å²) in [5, 5.41) is 9.68. The molecule has 0 spiro atoms. The molecule has 2 aromatic rings. The second-order valence-electron chi connectivity index (χ2n) is 5.61. The van der Waals surface area contributed by atoms with Crippen LogP contribution in [0.25, 0.3) is 0 Å². The number of hydrogen-bond donors (Lipinski definition) is 2. The molecule has 7 heteroatoms. The van der Waals surface area contributed by atoms with E-state index in [1.165, 1.54) is 11.6 Å². The highest BCUT2D eigenvalue weighted by atomic mass is 32.2. The summed E-state index contributed by atoms with van der Waals surface area (Å²) in [6.07, 6.45) is 3.03. The lowest BCUT2D eigenvalue weighted by molar-refractivity contribution is 0.0597. The number of hydrogen-bond acceptors (Lipinski definition) is 5. The summed E-state index contributed by atoms with van der Waals surface area (Å²) in [6, 6.07) is 8.97. The van der Waals surface area contributed by atoms with E-state index < -0.39 is 16.0 Å². The molecule has 0 aromatic heterocycles. The van der Waals surface area contributed by atoms with Crippen molar-refractivity contribution >= 4 is 21.7 Å². The van der Waals surface area contributed by atoms with Crippen LogP contribution < -0.4 is 4.72 Å². The molecule has 0 heterocycles. The molecule has 2 N–H and O–H groups in total. The molecule has 24 heavy (non-hydrogen) atoms. The van der Waals surface area contributed by atoms with Gasteiger partial charge in [-0.3, -0.25) is 4.72 Å². The Hall–Kier alpha value is -2.54. The Morgan fingerprint density at radius 2 is 1.88 bits per heavy atom. The minimum atomic E-state index is -3.88. The molecule has 1 aliphatic rings. The quantitative estimate of drug-likeness (QED) is 0.829. The average Bonchev–Trinajstić information content (AvgIpc) is 3.01.